The molecule has 0 saturated heterocycles. The van der Waals surface area contributed by atoms with Crippen molar-refractivity contribution < 1.29 is 35.5 Å². The first-order chi connectivity index (χ1) is 17.9. The Labute approximate surface area is 226 Å². The lowest BCUT2D eigenvalue weighted by atomic mass is 10.00. The van der Waals surface area contributed by atoms with Gasteiger partial charge in [0.25, 0.3) is 5.91 Å². The number of rotatable bonds is 7. The lowest BCUT2D eigenvalue weighted by Crippen LogP contribution is -2.51. The van der Waals surface area contributed by atoms with E-state index in [4.69, 9.17) is 35.3 Å². The van der Waals surface area contributed by atoms with Crippen molar-refractivity contribution in [3.63, 3.8) is 0 Å². The number of hydrogen-bond acceptors (Lipinski definition) is 5. The van der Waals surface area contributed by atoms with Crippen LogP contribution in [0.5, 0.6) is 0 Å². The SMILES string of the molecule is Cn1c(C(F)(C(F)(F)F)C(F)(F)F)cc(C(N)=S)c1N=CC(=CN)c1ccc(Cl)c(C(=O)NC2(C#N)CC2)c1. The average molecular weight is 595 g/mol. The molecule has 3 rings (SSSR count). The van der Waals surface area contributed by atoms with Gasteiger partial charge in [-0.3, -0.25) is 4.79 Å². The highest BCUT2D eigenvalue weighted by Crippen LogP contribution is 2.54. The number of aromatic nitrogens is 1. The number of nitrogens with one attached hydrogen (secondary N) is 1. The van der Waals surface area contributed by atoms with Crippen molar-refractivity contribution in [2.24, 2.45) is 23.5 Å². The first-order valence-corrected chi connectivity index (χ1v) is 11.5. The number of nitriles is 1. The van der Waals surface area contributed by atoms with E-state index in [0.29, 0.717) is 12.8 Å². The van der Waals surface area contributed by atoms with Crippen LogP contribution in [0.25, 0.3) is 5.57 Å². The predicted molar refractivity (Wildman–Crippen MR) is 133 cm³/mol. The zero-order chi connectivity index (χ0) is 29.6. The molecule has 1 aromatic heterocycles. The normalized spacial score (nSPS) is 15.7. The summed E-state index contributed by atoms with van der Waals surface area (Å²) in [7, 11) is 0.731. The molecule has 2 aromatic rings. The third kappa shape index (κ3) is 5.44. The summed E-state index contributed by atoms with van der Waals surface area (Å²) in [5, 5.41) is 11.8. The van der Waals surface area contributed by atoms with E-state index in [1.54, 1.807) is 0 Å². The van der Waals surface area contributed by atoms with Crippen molar-refractivity contribution >= 4 is 52.3 Å². The molecule has 39 heavy (non-hydrogen) atoms. The first-order valence-electron chi connectivity index (χ1n) is 10.7. The number of nitrogens with zero attached hydrogens (tertiary/aromatic N) is 3. The fourth-order valence-corrected chi connectivity index (χ4v) is 3.96. The summed E-state index contributed by atoms with van der Waals surface area (Å²) in [6.45, 7) is 0. The fraction of sp³-hybridized carbons (Fsp3) is 0.304. The molecule has 1 amide bonds. The molecule has 0 bridgehead atoms. The highest BCUT2D eigenvalue weighted by Gasteiger charge is 2.75. The van der Waals surface area contributed by atoms with Gasteiger partial charge in [-0.1, -0.05) is 29.9 Å². The monoisotopic (exact) mass is 594 g/mol. The lowest BCUT2D eigenvalue weighted by molar-refractivity contribution is -0.350. The summed E-state index contributed by atoms with van der Waals surface area (Å²) in [6.07, 6.45) is -9.90. The smallest absolute Gasteiger partial charge is 0.404 e. The van der Waals surface area contributed by atoms with Crippen molar-refractivity contribution in [1.29, 1.82) is 5.26 Å². The van der Waals surface area contributed by atoms with Crippen molar-refractivity contribution in [1.82, 2.24) is 9.88 Å². The largest absolute Gasteiger partial charge is 0.437 e. The van der Waals surface area contributed by atoms with Gasteiger partial charge in [-0.05, 0) is 36.6 Å². The number of alkyl halides is 7. The van der Waals surface area contributed by atoms with E-state index in [1.807, 2.05) is 6.07 Å². The van der Waals surface area contributed by atoms with Crippen molar-refractivity contribution in [2.75, 3.05) is 0 Å². The molecule has 7 nitrogen and oxygen atoms in total. The van der Waals surface area contributed by atoms with Gasteiger partial charge in [0, 0.05) is 25.0 Å². The minimum absolute atomic E-state index is 0.0275. The van der Waals surface area contributed by atoms with Gasteiger partial charge < -0.3 is 21.4 Å². The number of aliphatic imine (C=N–C) groups is 1. The Hall–Kier alpha value is -3.64. The number of benzene rings is 1. The summed E-state index contributed by atoms with van der Waals surface area (Å²) in [5.74, 6) is -1.28. The van der Waals surface area contributed by atoms with Crippen LogP contribution in [0, 0.1) is 11.3 Å². The van der Waals surface area contributed by atoms with E-state index >= 15 is 0 Å². The molecule has 0 spiro atoms. The Kier molecular flexibility index (Phi) is 7.79. The van der Waals surface area contributed by atoms with Crippen LogP contribution >= 0.6 is 23.8 Å². The minimum Gasteiger partial charge on any atom is -0.404 e. The van der Waals surface area contributed by atoms with Gasteiger partial charge >= 0.3 is 18.0 Å². The number of carbonyl (C=O) groups excluding carboxylic acids is 1. The number of carbonyl (C=O) groups is 1. The van der Waals surface area contributed by atoms with Crippen LogP contribution in [-0.4, -0.2) is 39.6 Å². The number of hydrogen-bond donors (Lipinski definition) is 3. The minimum atomic E-state index is -6.38. The molecule has 0 unspecified atom stereocenters. The van der Waals surface area contributed by atoms with Crippen molar-refractivity contribution in [2.45, 2.75) is 36.4 Å². The second-order valence-corrected chi connectivity index (χ2v) is 9.41. The molecule has 5 N–H and O–H groups in total. The van der Waals surface area contributed by atoms with Gasteiger partial charge in [0.1, 0.15) is 16.3 Å². The summed E-state index contributed by atoms with van der Waals surface area (Å²) >= 11 is 10.9. The molecule has 0 radical (unpaired) electrons. The van der Waals surface area contributed by atoms with E-state index in [-0.39, 0.29) is 32.4 Å². The van der Waals surface area contributed by atoms with Crippen LogP contribution in [-0.2, 0) is 12.7 Å². The predicted octanol–water partition coefficient (Wildman–Crippen LogP) is 5.09. The Bertz CT molecular complexity index is 1420. The third-order valence-corrected chi connectivity index (χ3v) is 6.52. The summed E-state index contributed by atoms with van der Waals surface area (Å²) in [4.78, 5) is 15.9. The van der Waals surface area contributed by atoms with Crippen LogP contribution in [0.2, 0.25) is 5.02 Å². The number of nitrogens with two attached hydrogens (primary N) is 2. The number of halogens is 8. The van der Waals surface area contributed by atoms with E-state index in [2.05, 4.69) is 10.3 Å². The van der Waals surface area contributed by atoms with Crippen LogP contribution in [0.1, 0.15) is 40.0 Å². The van der Waals surface area contributed by atoms with E-state index in [9.17, 15) is 40.8 Å². The molecule has 1 heterocycles. The Morgan fingerprint density at radius 3 is 2.23 bits per heavy atom. The summed E-state index contributed by atoms with van der Waals surface area (Å²) in [6, 6.07) is 6.26. The Morgan fingerprint density at radius 1 is 1.18 bits per heavy atom. The Balaban J connectivity index is 2.06. The second kappa shape index (κ2) is 10.2. The van der Waals surface area contributed by atoms with Crippen LogP contribution in [0.15, 0.2) is 35.5 Å². The van der Waals surface area contributed by atoms with Gasteiger partial charge in [-0.2, -0.15) is 31.6 Å². The maximum absolute atomic E-state index is 14.8. The molecular formula is C23H18ClF7N6OS. The number of allylic oxidation sites excluding steroid dienone is 1. The number of thiocarbonyl (C=S) groups is 1. The van der Waals surface area contributed by atoms with Crippen LogP contribution in [0.4, 0.5) is 36.6 Å². The summed E-state index contributed by atoms with van der Waals surface area (Å²) < 4.78 is 95.2. The number of amides is 1. The van der Waals surface area contributed by atoms with Gasteiger partial charge in [-0.25, -0.2) is 9.38 Å². The van der Waals surface area contributed by atoms with Gasteiger partial charge in [0.15, 0.2) is 0 Å². The van der Waals surface area contributed by atoms with Gasteiger partial charge in [-0.15, -0.1) is 0 Å². The highest BCUT2D eigenvalue weighted by atomic mass is 35.5. The molecule has 1 saturated carbocycles. The Morgan fingerprint density at radius 2 is 1.77 bits per heavy atom. The molecule has 1 fully saturated rings. The maximum Gasteiger partial charge on any atom is 0.437 e. The molecular weight excluding hydrogens is 577 g/mol. The van der Waals surface area contributed by atoms with Gasteiger partial charge in [0.2, 0.25) is 0 Å². The third-order valence-electron chi connectivity index (χ3n) is 5.97. The highest BCUT2D eigenvalue weighted by molar-refractivity contribution is 7.80. The fourth-order valence-electron chi connectivity index (χ4n) is 3.61. The average Bonchev–Trinajstić information content (AvgIpc) is 3.53. The standard InChI is InChI=1S/C23H18ClF7N6OS/c1-37-16(21(25,22(26,27)28)23(29,30)31)7-14(17(34)39)18(37)35-9-12(8-32)11-2-3-15(24)13(6-11)19(38)36-20(10-33)4-5-20/h2-3,6-9H,4-5,32H2,1H3,(H2,34,39)(H,36,38). The van der Waals surface area contributed by atoms with Crippen molar-refractivity contribution in [3.8, 4) is 6.07 Å². The second-order valence-electron chi connectivity index (χ2n) is 8.57. The van der Waals surface area contributed by atoms with Crippen LogP contribution in [0.3, 0.4) is 0 Å². The quantitative estimate of drug-likeness (QED) is 0.234. The molecule has 1 aromatic carbocycles. The van der Waals surface area contributed by atoms with Crippen molar-refractivity contribution in [3.05, 3.63) is 57.9 Å². The zero-order valence-corrected chi connectivity index (χ0v) is 21.3. The van der Waals surface area contributed by atoms with E-state index < -0.39 is 51.5 Å². The summed E-state index contributed by atoms with van der Waals surface area (Å²) in [5.41, 5.74) is 2.20. The molecule has 1 aliphatic carbocycles. The van der Waals surface area contributed by atoms with Crippen LogP contribution < -0.4 is 16.8 Å². The molecule has 1 aliphatic rings. The zero-order valence-electron chi connectivity index (χ0n) is 19.7. The van der Waals surface area contributed by atoms with Gasteiger partial charge in [0.05, 0.1) is 27.9 Å². The molecule has 0 atom stereocenters. The maximum atomic E-state index is 14.8. The topological polar surface area (TPSA) is 122 Å². The molecule has 0 aliphatic heterocycles. The molecule has 208 valence electrons. The lowest BCUT2D eigenvalue weighted by Gasteiger charge is -2.30. The van der Waals surface area contributed by atoms with E-state index in [1.165, 1.54) is 18.2 Å². The van der Waals surface area contributed by atoms with E-state index in [0.717, 1.165) is 19.5 Å². The molecule has 16 heteroatoms. The first kappa shape index (κ1) is 29.9.